The number of ether oxygens (including phenoxy) is 2. The minimum atomic E-state index is -1.36. The summed E-state index contributed by atoms with van der Waals surface area (Å²) in [6, 6.07) is 10.1. The number of amides is 1. The molecule has 0 bridgehead atoms. The van der Waals surface area contributed by atoms with Crippen molar-refractivity contribution in [1.29, 1.82) is 0 Å². The number of piperidine rings is 1. The van der Waals surface area contributed by atoms with E-state index in [0.29, 0.717) is 12.5 Å². The quantitative estimate of drug-likeness (QED) is 0.654. The van der Waals surface area contributed by atoms with Crippen LogP contribution in [0.3, 0.4) is 0 Å². The first-order valence-corrected chi connectivity index (χ1v) is 11.3. The lowest BCUT2D eigenvalue weighted by molar-refractivity contribution is -0.308. The SMILES string of the molecule is CC(C)(C)OC(=O)NC(Cc1ccc(OCC2CCN(c3ccncc3)CC2)cc1)C(=O)[O-]. The molecule has 1 aromatic carbocycles. The number of carboxylic acids is 1. The van der Waals surface area contributed by atoms with E-state index in [0.717, 1.165) is 37.2 Å². The lowest BCUT2D eigenvalue weighted by atomic mass is 9.97. The second-order valence-electron chi connectivity index (χ2n) is 9.31. The second kappa shape index (κ2) is 11.0. The summed E-state index contributed by atoms with van der Waals surface area (Å²) in [7, 11) is 0. The molecule has 0 aliphatic carbocycles. The molecule has 1 aliphatic rings. The number of benzene rings is 1. The van der Waals surface area contributed by atoms with Gasteiger partial charge in [0.25, 0.3) is 0 Å². The van der Waals surface area contributed by atoms with Gasteiger partial charge in [-0.15, -0.1) is 0 Å². The third-order valence-corrected chi connectivity index (χ3v) is 5.47. The molecule has 3 rings (SSSR count). The van der Waals surface area contributed by atoms with E-state index < -0.39 is 23.7 Å². The molecule has 8 nitrogen and oxygen atoms in total. The molecule has 33 heavy (non-hydrogen) atoms. The van der Waals surface area contributed by atoms with Crippen LogP contribution in [0.1, 0.15) is 39.2 Å². The number of aliphatic carboxylic acids is 1. The van der Waals surface area contributed by atoms with Crippen LogP contribution in [0.2, 0.25) is 0 Å². The van der Waals surface area contributed by atoms with E-state index in [1.165, 1.54) is 5.69 Å². The number of hydrogen-bond acceptors (Lipinski definition) is 7. The molecule has 1 aromatic heterocycles. The van der Waals surface area contributed by atoms with Crippen LogP contribution in [0.4, 0.5) is 10.5 Å². The summed E-state index contributed by atoms with van der Waals surface area (Å²) in [5.74, 6) is -0.136. The number of carbonyl (C=O) groups excluding carboxylic acids is 2. The Labute approximate surface area is 194 Å². The number of hydrogen-bond donors (Lipinski definition) is 1. The number of alkyl carbamates (subject to hydrolysis) is 1. The van der Waals surface area contributed by atoms with Crippen LogP contribution in [0.15, 0.2) is 48.8 Å². The molecule has 1 fully saturated rings. The van der Waals surface area contributed by atoms with Crippen LogP contribution in [0.5, 0.6) is 5.75 Å². The van der Waals surface area contributed by atoms with Crippen LogP contribution < -0.4 is 20.1 Å². The van der Waals surface area contributed by atoms with Gasteiger partial charge in [0.2, 0.25) is 0 Å². The number of carboxylic acid groups (broad SMARTS) is 1. The van der Waals surface area contributed by atoms with E-state index in [1.807, 2.05) is 36.7 Å². The Bertz CT molecular complexity index is 904. The standard InChI is InChI=1S/C25H33N3O5/c1-25(2,3)33-24(31)27-22(23(29)30)16-18-4-6-21(7-5-18)32-17-19-10-14-28(15-11-19)20-8-12-26-13-9-20/h4-9,12-13,19,22H,10-11,14-17H2,1-3H3,(H,27,31)(H,29,30)/p-1. The number of carbonyl (C=O) groups is 2. The van der Waals surface area contributed by atoms with Gasteiger partial charge < -0.3 is 29.6 Å². The average molecular weight is 455 g/mol. The maximum atomic E-state index is 11.9. The smallest absolute Gasteiger partial charge is 0.408 e. The van der Waals surface area contributed by atoms with E-state index in [4.69, 9.17) is 9.47 Å². The van der Waals surface area contributed by atoms with Crippen LogP contribution in [-0.2, 0) is 16.0 Å². The third-order valence-electron chi connectivity index (χ3n) is 5.47. The Hall–Kier alpha value is -3.29. The van der Waals surface area contributed by atoms with E-state index in [1.54, 1.807) is 32.9 Å². The van der Waals surface area contributed by atoms with E-state index in [9.17, 15) is 14.7 Å². The summed E-state index contributed by atoms with van der Waals surface area (Å²) >= 11 is 0. The first-order valence-electron chi connectivity index (χ1n) is 11.3. The lowest BCUT2D eigenvalue weighted by Crippen LogP contribution is -2.50. The highest BCUT2D eigenvalue weighted by Crippen LogP contribution is 2.24. The summed E-state index contributed by atoms with van der Waals surface area (Å²) in [4.78, 5) is 29.8. The van der Waals surface area contributed by atoms with Gasteiger partial charge >= 0.3 is 6.09 Å². The monoisotopic (exact) mass is 454 g/mol. The van der Waals surface area contributed by atoms with Crippen LogP contribution in [0.25, 0.3) is 0 Å². The van der Waals surface area contributed by atoms with Crippen molar-refractivity contribution in [3.05, 3.63) is 54.4 Å². The van der Waals surface area contributed by atoms with Crippen LogP contribution in [-0.4, -0.2) is 48.4 Å². The Balaban J connectivity index is 1.45. The molecule has 1 atom stereocenters. The Morgan fingerprint density at radius 2 is 1.76 bits per heavy atom. The largest absolute Gasteiger partial charge is 0.548 e. The molecule has 2 aromatic rings. The fourth-order valence-corrected chi connectivity index (χ4v) is 3.73. The van der Waals surface area contributed by atoms with Gasteiger partial charge in [-0.05, 0) is 75.8 Å². The van der Waals surface area contributed by atoms with E-state index in [-0.39, 0.29) is 6.42 Å². The summed E-state index contributed by atoms with van der Waals surface area (Å²) < 4.78 is 11.1. The van der Waals surface area contributed by atoms with Gasteiger partial charge in [-0.25, -0.2) is 4.79 Å². The average Bonchev–Trinajstić information content (AvgIpc) is 2.78. The minimum Gasteiger partial charge on any atom is -0.548 e. The van der Waals surface area contributed by atoms with Crippen molar-refractivity contribution < 1.29 is 24.2 Å². The highest BCUT2D eigenvalue weighted by atomic mass is 16.6. The first kappa shape index (κ1) is 24.4. The van der Waals surface area contributed by atoms with Crippen molar-refractivity contribution in [2.45, 2.75) is 51.7 Å². The van der Waals surface area contributed by atoms with Gasteiger partial charge in [-0.1, -0.05) is 12.1 Å². The van der Waals surface area contributed by atoms with Crippen LogP contribution in [0, 0.1) is 5.92 Å². The number of nitrogens with one attached hydrogen (secondary N) is 1. The molecule has 8 heteroatoms. The molecular formula is C25H32N3O5-. The van der Waals surface area contributed by atoms with Crippen molar-refractivity contribution in [3.63, 3.8) is 0 Å². The molecule has 1 unspecified atom stereocenters. The normalized spacial score (nSPS) is 15.5. The topological polar surface area (TPSA) is 104 Å². The highest BCUT2D eigenvalue weighted by Gasteiger charge is 2.21. The Morgan fingerprint density at radius 3 is 2.33 bits per heavy atom. The summed E-state index contributed by atoms with van der Waals surface area (Å²) in [5, 5.41) is 13.8. The van der Waals surface area contributed by atoms with Gasteiger partial charge in [0.15, 0.2) is 0 Å². The number of rotatable bonds is 8. The zero-order valence-electron chi connectivity index (χ0n) is 19.5. The van der Waals surface area contributed by atoms with Gasteiger partial charge in [-0.2, -0.15) is 0 Å². The van der Waals surface area contributed by atoms with Crippen molar-refractivity contribution in [3.8, 4) is 5.75 Å². The van der Waals surface area contributed by atoms with Crippen molar-refractivity contribution >= 4 is 17.7 Å². The van der Waals surface area contributed by atoms with Gasteiger partial charge in [-0.3, -0.25) is 4.98 Å². The fourth-order valence-electron chi connectivity index (χ4n) is 3.73. The number of anilines is 1. The van der Waals surface area contributed by atoms with Gasteiger partial charge in [0.05, 0.1) is 18.6 Å². The molecule has 0 saturated carbocycles. The maximum absolute atomic E-state index is 11.9. The van der Waals surface area contributed by atoms with Gasteiger partial charge in [0, 0.05) is 31.2 Å². The Kier molecular flexibility index (Phi) is 8.14. The predicted octanol–water partition coefficient (Wildman–Crippen LogP) is 2.56. The predicted molar refractivity (Wildman–Crippen MR) is 123 cm³/mol. The van der Waals surface area contributed by atoms with E-state index in [2.05, 4.69) is 15.2 Å². The molecule has 0 spiro atoms. The summed E-state index contributed by atoms with van der Waals surface area (Å²) in [6.07, 6.45) is 5.06. The molecule has 1 amide bonds. The summed E-state index contributed by atoms with van der Waals surface area (Å²) in [6.45, 7) is 7.76. The number of pyridine rings is 1. The molecule has 0 radical (unpaired) electrons. The third kappa shape index (κ3) is 7.97. The van der Waals surface area contributed by atoms with Crippen molar-refractivity contribution in [2.75, 3.05) is 24.6 Å². The molecule has 178 valence electrons. The highest BCUT2D eigenvalue weighted by molar-refractivity contribution is 5.79. The van der Waals surface area contributed by atoms with Crippen molar-refractivity contribution in [2.24, 2.45) is 5.92 Å². The molecular weight excluding hydrogens is 422 g/mol. The molecule has 2 heterocycles. The molecule has 1 aliphatic heterocycles. The maximum Gasteiger partial charge on any atom is 0.408 e. The first-order chi connectivity index (χ1) is 15.7. The van der Waals surface area contributed by atoms with Gasteiger partial charge in [0.1, 0.15) is 11.4 Å². The van der Waals surface area contributed by atoms with E-state index >= 15 is 0 Å². The van der Waals surface area contributed by atoms with Crippen LogP contribution >= 0.6 is 0 Å². The fraction of sp³-hybridized carbons (Fsp3) is 0.480. The Morgan fingerprint density at radius 1 is 1.12 bits per heavy atom. The lowest BCUT2D eigenvalue weighted by Gasteiger charge is -2.33. The zero-order chi connectivity index (χ0) is 23.8. The summed E-state index contributed by atoms with van der Waals surface area (Å²) in [5.41, 5.74) is 1.24. The number of nitrogens with zero attached hydrogens (tertiary/aromatic N) is 2. The van der Waals surface area contributed by atoms with Crippen molar-refractivity contribution in [1.82, 2.24) is 10.3 Å². The minimum absolute atomic E-state index is 0.0926. The number of aromatic nitrogens is 1. The second-order valence-corrected chi connectivity index (χ2v) is 9.31. The molecule has 1 N–H and O–H groups in total. The zero-order valence-corrected chi connectivity index (χ0v) is 19.5. The molecule has 1 saturated heterocycles.